The Labute approximate surface area is 151 Å². The molecule has 1 aliphatic heterocycles. The van der Waals surface area contributed by atoms with Crippen molar-refractivity contribution in [3.63, 3.8) is 0 Å². The summed E-state index contributed by atoms with van der Waals surface area (Å²) < 4.78 is 5.70. The molecule has 1 unspecified atom stereocenters. The Balaban J connectivity index is 1.59. The highest BCUT2D eigenvalue weighted by Gasteiger charge is 2.33. The predicted octanol–water partition coefficient (Wildman–Crippen LogP) is 2.57. The molecule has 1 aliphatic rings. The molecule has 2 aromatic rings. The summed E-state index contributed by atoms with van der Waals surface area (Å²) in [6, 6.07) is 7.09. The van der Waals surface area contributed by atoms with Gasteiger partial charge in [-0.2, -0.15) is 0 Å². The number of hydrogen-bond donors (Lipinski definition) is 1. The summed E-state index contributed by atoms with van der Waals surface area (Å²) in [5, 5.41) is 11.4. The first kappa shape index (κ1) is 17.6. The van der Waals surface area contributed by atoms with E-state index in [9.17, 15) is 9.90 Å². The van der Waals surface area contributed by atoms with Crippen LogP contribution in [0.3, 0.4) is 0 Å². The van der Waals surface area contributed by atoms with Crippen molar-refractivity contribution < 1.29 is 14.6 Å². The van der Waals surface area contributed by atoms with Crippen LogP contribution in [0.25, 0.3) is 0 Å². The zero-order valence-electron chi connectivity index (χ0n) is 13.8. The summed E-state index contributed by atoms with van der Waals surface area (Å²) >= 11 is 5.94. The highest BCUT2D eigenvalue weighted by atomic mass is 35.5. The summed E-state index contributed by atoms with van der Waals surface area (Å²) in [6.07, 6.45) is 6.20. The lowest BCUT2D eigenvalue weighted by Crippen LogP contribution is -2.38. The molecule has 1 N–H and O–H groups in total. The minimum Gasteiger partial charge on any atom is -0.491 e. The van der Waals surface area contributed by atoms with Crippen molar-refractivity contribution in [3.8, 4) is 5.75 Å². The lowest BCUT2D eigenvalue weighted by molar-refractivity contribution is -0.0163. The van der Waals surface area contributed by atoms with Crippen LogP contribution in [-0.2, 0) is 0 Å². The second-order valence-corrected chi connectivity index (χ2v) is 6.64. The van der Waals surface area contributed by atoms with Crippen molar-refractivity contribution in [3.05, 3.63) is 53.6 Å². The normalized spacial score (nSPS) is 20.8. The van der Waals surface area contributed by atoms with Gasteiger partial charge in [0.25, 0.3) is 5.91 Å². The number of carbonyl (C=O) groups excluding carboxylic acids is 1. The molecule has 1 atom stereocenters. The van der Waals surface area contributed by atoms with Crippen LogP contribution in [0.4, 0.5) is 0 Å². The maximum Gasteiger partial charge on any atom is 0.274 e. The molecule has 1 aromatic carbocycles. The van der Waals surface area contributed by atoms with Gasteiger partial charge >= 0.3 is 0 Å². The number of aromatic nitrogens is 2. The van der Waals surface area contributed by atoms with Crippen molar-refractivity contribution in [1.29, 1.82) is 0 Å². The molecular weight excluding hydrogens is 342 g/mol. The molecule has 132 valence electrons. The fourth-order valence-electron chi connectivity index (χ4n) is 2.87. The number of aliphatic hydroxyl groups is 1. The molecule has 0 saturated carbocycles. The number of amides is 1. The zero-order valence-corrected chi connectivity index (χ0v) is 14.5. The van der Waals surface area contributed by atoms with Crippen LogP contribution >= 0.6 is 11.6 Å². The first-order valence-electron chi connectivity index (χ1n) is 8.22. The van der Waals surface area contributed by atoms with E-state index in [-0.39, 0.29) is 12.5 Å². The van der Waals surface area contributed by atoms with Crippen molar-refractivity contribution in [1.82, 2.24) is 14.9 Å². The highest BCUT2D eigenvalue weighted by molar-refractivity contribution is 6.30. The van der Waals surface area contributed by atoms with Gasteiger partial charge in [-0.1, -0.05) is 17.7 Å². The molecule has 0 bridgehead atoms. The van der Waals surface area contributed by atoms with Crippen LogP contribution in [-0.4, -0.2) is 51.2 Å². The smallest absolute Gasteiger partial charge is 0.274 e. The van der Waals surface area contributed by atoms with Crippen molar-refractivity contribution in [2.45, 2.75) is 24.9 Å². The molecule has 1 amide bonds. The fourth-order valence-corrected chi connectivity index (χ4v) is 3.05. The minimum atomic E-state index is -0.973. The second-order valence-electron chi connectivity index (χ2n) is 6.21. The summed E-state index contributed by atoms with van der Waals surface area (Å²) in [5.41, 5.74) is -0.650. The number of halogens is 1. The molecular formula is C18H20ClN3O3. The van der Waals surface area contributed by atoms with Gasteiger partial charge in [-0.15, -0.1) is 0 Å². The Bertz CT molecular complexity index is 729. The Hall–Kier alpha value is -2.18. The third-order valence-electron chi connectivity index (χ3n) is 4.29. The Morgan fingerprint density at radius 1 is 1.32 bits per heavy atom. The fraction of sp³-hybridized carbons (Fsp3) is 0.389. The number of benzene rings is 1. The van der Waals surface area contributed by atoms with E-state index in [0.29, 0.717) is 48.8 Å². The SMILES string of the molecule is O=C(c1cnccn1)N1CCCC(O)(COc2cccc(Cl)c2)CC1. The molecule has 6 nitrogen and oxygen atoms in total. The Kier molecular flexibility index (Phi) is 5.50. The number of hydrogen-bond acceptors (Lipinski definition) is 5. The van der Waals surface area contributed by atoms with E-state index < -0.39 is 5.60 Å². The molecule has 25 heavy (non-hydrogen) atoms. The first-order valence-corrected chi connectivity index (χ1v) is 8.60. The number of nitrogens with zero attached hydrogens (tertiary/aromatic N) is 3. The largest absolute Gasteiger partial charge is 0.491 e. The molecule has 1 saturated heterocycles. The lowest BCUT2D eigenvalue weighted by Gasteiger charge is -2.27. The number of ether oxygens (including phenoxy) is 1. The summed E-state index contributed by atoms with van der Waals surface area (Å²) in [6.45, 7) is 1.19. The van der Waals surface area contributed by atoms with Gasteiger partial charge in [-0.3, -0.25) is 9.78 Å². The summed E-state index contributed by atoms with van der Waals surface area (Å²) in [7, 11) is 0. The van der Waals surface area contributed by atoms with Gasteiger partial charge in [0.2, 0.25) is 0 Å². The van der Waals surface area contributed by atoms with Gasteiger partial charge in [0.1, 0.15) is 23.7 Å². The van der Waals surface area contributed by atoms with Crippen LogP contribution in [0.15, 0.2) is 42.9 Å². The topological polar surface area (TPSA) is 75.6 Å². The molecule has 0 spiro atoms. The van der Waals surface area contributed by atoms with E-state index in [4.69, 9.17) is 16.3 Å². The Morgan fingerprint density at radius 3 is 2.96 bits per heavy atom. The van der Waals surface area contributed by atoms with Gasteiger partial charge in [0.05, 0.1) is 6.20 Å². The zero-order chi connectivity index (χ0) is 17.7. The van der Waals surface area contributed by atoms with Crippen molar-refractivity contribution in [2.24, 2.45) is 0 Å². The predicted molar refractivity (Wildman–Crippen MR) is 93.7 cm³/mol. The molecule has 2 heterocycles. The standard InChI is InChI=1S/C18H20ClN3O3/c19-14-3-1-4-15(11-14)25-13-18(24)5-2-9-22(10-6-18)17(23)16-12-20-7-8-21-16/h1,3-4,7-8,11-12,24H,2,5-6,9-10,13H2. The summed E-state index contributed by atoms with van der Waals surface area (Å²) in [5.74, 6) is 0.464. The van der Waals surface area contributed by atoms with Crippen molar-refractivity contribution >= 4 is 17.5 Å². The quantitative estimate of drug-likeness (QED) is 0.905. The van der Waals surface area contributed by atoms with E-state index in [1.807, 2.05) is 0 Å². The third kappa shape index (κ3) is 4.67. The average Bonchev–Trinajstić information content (AvgIpc) is 2.83. The number of rotatable bonds is 4. The van der Waals surface area contributed by atoms with Crippen molar-refractivity contribution in [2.75, 3.05) is 19.7 Å². The molecule has 3 rings (SSSR count). The van der Waals surface area contributed by atoms with Gasteiger partial charge < -0.3 is 14.7 Å². The molecule has 7 heteroatoms. The molecule has 0 radical (unpaired) electrons. The van der Waals surface area contributed by atoms with Gasteiger partial charge in [-0.05, 0) is 37.5 Å². The van der Waals surface area contributed by atoms with E-state index in [2.05, 4.69) is 9.97 Å². The minimum absolute atomic E-state index is 0.159. The van der Waals surface area contributed by atoms with Crippen LogP contribution in [0.5, 0.6) is 5.75 Å². The maximum atomic E-state index is 12.5. The third-order valence-corrected chi connectivity index (χ3v) is 4.53. The lowest BCUT2D eigenvalue weighted by atomic mass is 9.96. The van der Waals surface area contributed by atoms with Crippen LogP contribution < -0.4 is 4.74 Å². The molecule has 1 aromatic heterocycles. The number of carbonyl (C=O) groups is 1. The van der Waals surface area contributed by atoms with Gasteiger partial charge in [-0.25, -0.2) is 4.98 Å². The monoisotopic (exact) mass is 361 g/mol. The van der Waals surface area contributed by atoms with E-state index >= 15 is 0 Å². The van der Waals surface area contributed by atoms with E-state index in [1.54, 1.807) is 29.2 Å². The maximum absolute atomic E-state index is 12.5. The average molecular weight is 362 g/mol. The molecule has 0 aliphatic carbocycles. The van der Waals surface area contributed by atoms with Gasteiger partial charge in [0.15, 0.2) is 0 Å². The second kappa shape index (κ2) is 7.80. The number of likely N-dealkylation sites (tertiary alicyclic amines) is 1. The summed E-state index contributed by atoms with van der Waals surface area (Å²) in [4.78, 5) is 22.2. The highest BCUT2D eigenvalue weighted by Crippen LogP contribution is 2.25. The Morgan fingerprint density at radius 2 is 2.20 bits per heavy atom. The van der Waals surface area contributed by atoms with E-state index in [0.717, 1.165) is 0 Å². The van der Waals surface area contributed by atoms with Gasteiger partial charge in [0, 0.05) is 30.5 Å². The van der Waals surface area contributed by atoms with Crippen LogP contribution in [0.2, 0.25) is 5.02 Å². The molecule has 1 fully saturated rings. The van der Waals surface area contributed by atoms with Crippen LogP contribution in [0.1, 0.15) is 29.8 Å². The first-order chi connectivity index (χ1) is 12.1. The van der Waals surface area contributed by atoms with Crippen LogP contribution in [0, 0.1) is 0 Å². The van der Waals surface area contributed by atoms with E-state index in [1.165, 1.54) is 18.6 Å².